The number of benzene rings is 1. The van der Waals surface area contributed by atoms with Gasteiger partial charge < -0.3 is 9.30 Å². The van der Waals surface area contributed by atoms with Crippen LogP contribution < -0.4 is 5.32 Å². The highest BCUT2D eigenvalue weighted by Crippen LogP contribution is 2.50. The number of nitrogens with zero attached hydrogens (tertiary/aromatic N) is 3. The Morgan fingerprint density at radius 3 is 2.71 bits per heavy atom. The van der Waals surface area contributed by atoms with Crippen LogP contribution in [0.1, 0.15) is 45.0 Å². The molecule has 1 heterocycles. The summed E-state index contributed by atoms with van der Waals surface area (Å²) in [5.74, 6) is 0.984. The molecule has 3 rings (SSSR count). The number of amides is 1. The van der Waals surface area contributed by atoms with E-state index in [4.69, 9.17) is 4.74 Å². The van der Waals surface area contributed by atoms with Crippen LogP contribution in [0.15, 0.2) is 30.6 Å². The van der Waals surface area contributed by atoms with E-state index in [9.17, 15) is 4.79 Å². The molecule has 0 unspecified atom stereocenters. The largest absolute Gasteiger partial charge is 0.444 e. The molecule has 0 radical (unpaired) electrons. The summed E-state index contributed by atoms with van der Waals surface area (Å²) < 4.78 is 7.27. The van der Waals surface area contributed by atoms with Crippen molar-refractivity contribution in [2.24, 2.45) is 7.05 Å². The first-order chi connectivity index (χ1) is 11.3. The second kappa shape index (κ2) is 5.92. The Balaban J connectivity index is 1.73. The van der Waals surface area contributed by atoms with Crippen LogP contribution >= 0.6 is 0 Å². The van der Waals surface area contributed by atoms with E-state index in [2.05, 4.69) is 21.6 Å². The smallest absolute Gasteiger partial charge is 0.412 e. The van der Waals surface area contributed by atoms with Crippen molar-refractivity contribution in [2.75, 3.05) is 5.32 Å². The van der Waals surface area contributed by atoms with E-state index >= 15 is 0 Å². The molecule has 1 amide bonds. The number of hydrogen-bond acceptors (Lipinski definition) is 4. The third kappa shape index (κ3) is 3.75. The van der Waals surface area contributed by atoms with Gasteiger partial charge in [0.2, 0.25) is 0 Å². The molecule has 0 atom stereocenters. The van der Waals surface area contributed by atoms with Gasteiger partial charge in [0.1, 0.15) is 17.8 Å². The predicted molar refractivity (Wildman–Crippen MR) is 91.9 cm³/mol. The van der Waals surface area contributed by atoms with Gasteiger partial charge in [-0.15, -0.1) is 10.2 Å². The van der Waals surface area contributed by atoms with E-state index in [0.29, 0.717) is 0 Å². The summed E-state index contributed by atoms with van der Waals surface area (Å²) >= 11 is 0. The van der Waals surface area contributed by atoms with E-state index in [-0.39, 0.29) is 5.41 Å². The fourth-order valence-corrected chi connectivity index (χ4v) is 2.84. The third-order valence-electron chi connectivity index (χ3n) is 4.28. The normalized spacial score (nSPS) is 15.8. The van der Waals surface area contributed by atoms with Crippen molar-refractivity contribution in [1.29, 1.82) is 0 Å². The summed E-state index contributed by atoms with van der Waals surface area (Å²) in [7, 11) is 1.96. The van der Waals surface area contributed by atoms with Gasteiger partial charge in [0, 0.05) is 24.6 Å². The standard InChI is InChI=1S/C18H24N4O2/c1-17(2,3)24-16(23)20-14-7-5-6-13(10-14)18(8-9-18)11-15-21-19-12-22(15)4/h5-7,10,12H,8-9,11H2,1-4H3,(H,20,23). The van der Waals surface area contributed by atoms with Crippen LogP contribution in [0, 0.1) is 0 Å². The molecule has 1 aliphatic rings. The third-order valence-corrected chi connectivity index (χ3v) is 4.28. The van der Waals surface area contributed by atoms with Crippen LogP contribution in [0.25, 0.3) is 0 Å². The SMILES string of the molecule is Cn1cnnc1CC1(c2cccc(NC(=O)OC(C)(C)C)c2)CC1. The van der Waals surface area contributed by atoms with Crippen LogP contribution in [-0.4, -0.2) is 26.5 Å². The lowest BCUT2D eigenvalue weighted by molar-refractivity contribution is 0.0636. The minimum Gasteiger partial charge on any atom is -0.444 e. The first-order valence-electron chi connectivity index (χ1n) is 8.21. The molecule has 0 aliphatic heterocycles. The summed E-state index contributed by atoms with van der Waals surface area (Å²) in [6.45, 7) is 5.55. The van der Waals surface area contributed by atoms with E-state index in [0.717, 1.165) is 30.8 Å². The highest BCUT2D eigenvalue weighted by Gasteiger charge is 2.45. The zero-order valence-corrected chi connectivity index (χ0v) is 14.7. The van der Waals surface area contributed by atoms with Gasteiger partial charge in [0.25, 0.3) is 0 Å². The summed E-state index contributed by atoms with van der Waals surface area (Å²) in [6, 6.07) is 8.00. The van der Waals surface area contributed by atoms with Crippen LogP contribution in [0.3, 0.4) is 0 Å². The fraction of sp³-hybridized carbons (Fsp3) is 0.500. The maximum absolute atomic E-state index is 12.0. The lowest BCUT2D eigenvalue weighted by Gasteiger charge is -2.20. The molecule has 2 aromatic rings. The predicted octanol–water partition coefficient (Wildman–Crippen LogP) is 3.44. The first-order valence-corrected chi connectivity index (χ1v) is 8.21. The molecule has 1 saturated carbocycles. The number of carbonyl (C=O) groups excluding carboxylic acids is 1. The maximum atomic E-state index is 12.0. The number of carbonyl (C=O) groups is 1. The Morgan fingerprint density at radius 1 is 1.38 bits per heavy atom. The molecule has 6 nitrogen and oxygen atoms in total. The van der Waals surface area contributed by atoms with Crippen molar-refractivity contribution in [1.82, 2.24) is 14.8 Å². The maximum Gasteiger partial charge on any atom is 0.412 e. The quantitative estimate of drug-likeness (QED) is 0.933. The molecule has 0 spiro atoms. The molecule has 1 aliphatic carbocycles. The van der Waals surface area contributed by atoms with Gasteiger partial charge in [-0.1, -0.05) is 12.1 Å². The Morgan fingerprint density at radius 2 is 2.12 bits per heavy atom. The molecular formula is C18H24N4O2. The average Bonchev–Trinajstić information content (AvgIpc) is 3.15. The fourth-order valence-electron chi connectivity index (χ4n) is 2.84. The molecule has 0 saturated heterocycles. The minimum absolute atomic E-state index is 0.104. The number of rotatable bonds is 4. The Bertz CT molecular complexity index is 741. The van der Waals surface area contributed by atoms with Crippen LogP contribution in [-0.2, 0) is 23.6 Å². The number of nitrogens with one attached hydrogen (secondary N) is 1. The number of ether oxygens (including phenoxy) is 1. The lowest BCUT2D eigenvalue weighted by atomic mass is 9.91. The average molecular weight is 328 g/mol. The van der Waals surface area contributed by atoms with Gasteiger partial charge in [0.05, 0.1) is 0 Å². The summed E-state index contributed by atoms with van der Waals surface area (Å²) in [5, 5.41) is 11.0. The van der Waals surface area contributed by atoms with Gasteiger partial charge in [-0.05, 0) is 51.3 Å². The summed E-state index contributed by atoms with van der Waals surface area (Å²) in [4.78, 5) is 12.0. The molecule has 6 heteroatoms. The molecule has 1 N–H and O–H groups in total. The molecule has 0 bridgehead atoms. The number of anilines is 1. The van der Waals surface area contributed by atoms with Crippen molar-refractivity contribution in [3.8, 4) is 0 Å². The second-order valence-corrected chi connectivity index (χ2v) is 7.52. The van der Waals surface area contributed by atoms with E-state index in [1.807, 2.05) is 50.6 Å². The van der Waals surface area contributed by atoms with Crippen molar-refractivity contribution < 1.29 is 9.53 Å². The minimum atomic E-state index is -0.509. The van der Waals surface area contributed by atoms with Gasteiger partial charge in [0.15, 0.2) is 0 Å². The second-order valence-electron chi connectivity index (χ2n) is 7.52. The highest BCUT2D eigenvalue weighted by molar-refractivity contribution is 5.85. The van der Waals surface area contributed by atoms with Crippen molar-refractivity contribution in [3.63, 3.8) is 0 Å². The molecular weight excluding hydrogens is 304 g/mol. The number of hydrogen-bond donors (Lipinski definition) is 1. The lowest BCUT2D eigenvalue weighted by Crippen LogP contribution is -2.27. The zero-order chi connectivity index (χ0) is 17.4. The molecule has 24 heavy (non-hydrogen) atoms. The summed E-state index contributed by atoms with van der Waals surface area (Å²) in [5.41, 5.74) is 1.57. The van der Waals surface area contributed by atoms with Crippen molar-refractivity contribution in [2.45, 2.75) is 51.0 Å². The van der Waals surface area contributed by atoms with E-state index in [1.165, 1.54) is 5.56 Å². The van der Waals surface area contributed by atoms with Gasteiger partial charge in [-0.2, -0.15) is 0 Å². The first kappa shape index (κ1) is 16.5. The molecule has 1 aromatic carbocycles. The van der Waals surface area contributed by atoms with Crippen LogP contribution in [0.2, 0.25) is 0 Å². The van der Waals surface area contributed by atoms with Gasteiger partial charge >= 0.3 is 6.09 Å². The van der Waals surface area contributed by atoms with E-state index < -0.39 is 11.7 Å². The van der Waals surface area contributed by atoms with Crippen molar-refractivity contribution >= 4 is 11.8 Å². The Kier molecular flexibility index (Phi) is 4.07. The Hall–Kier alpha value is -2.37. The zero-order valence-electron chi connectivity index (χ0n) is 14.7. The monoisotopic (exact) mass is 328 g/mol. The van der Waals surface area contributed by atoms with E-state index in [1.54, 1.807) is 6.33 Å². The molecule has 128 valence electrons. The molecule has 1 fully saturated rings. The Labute approximate surface area is 142 Å². The van der Waals surface area contributed by atoms with Crippen LogP contribution in [0.4, 0.5) is 10.5 Å². The number of aryl methyl sites for hydroxylation is 1. The summed E-state index contributed by atoms with van der Waals surface area (Å²) in [6.07, 6.45) is 4.40. The highest BCUT2D eigenvalue weighted by atomic mass is 16.6. The van der Waals surface area contributed by atoms with Crippen LogP contribution in [0.5, 0.6) is 0 Å². The van der Waals surface area contributed by atoms with Gasteiger partial charge in [-0.25, -0.2) is 4.79 Å². The number of aromatic nitrogens is 3. The van der Waals surface area contributed by atoms with Gasteiger partial charge in [-0.3, -0.25) is 5.32 Å². The molecule has 1 aromatic heterocycles. The topological polar surface area (TPSA) is 69.0 Å². The van der Waals surface area contributed by atoms with Crippen molar-refractivity contribution in [3.05, 3.63) is 42.0 Å².